The largest absolute Gasteiger partial charge is 0.444 e. The van der Waals surface area contributed by atoms with Gasteiger partial charge in [-0.25, -0.2) is 0 Å². The highest BCUT2D eigenvalue weighted by Crippen LogP contribution is 2.17. The molecule has 1 amide bonds. The molecule has 0 aliphatic carbocycles. The van der Waals surface area contributed by atoms with Crippen molar-refractivity contribution in [2.45, 2.75) is 13.0 Å². The summed E-state index contributed by atoms with van der Waals surface area (Å²) in [4.78, 5) is 14.0. The van der Waals surface area contributed by atoms with Gasteiger partial charge < -0.3 is 9.32 Å². The molecule has 5 heteroatoms. The Labute approximate surface area is 125 Å². The average Bonchev–Trinajstić information content (AvgIpc) is 2.90. The van der Waals surface area contributed by atoms with Crippen LogP contribution in [-0.4, -0.2) is 17.4 Å². The Morgan fingerprint density at radius 2 is 2.00 bits per heavy atom. The van der Waals surface area contributed by atoms with Crippen molar-refractivity contribution >= 4 is 21.8 Å². The molecule has 102 valence electrons. The van der Waals surface area contributed by atoms with E-state index in [0.29, 0.717) is 24.2 Å². The summed E-state index contributed by atoms with van der Waals surface area (Å²) in [5, 5.41) is 8.72. The van der Waals surface area contributed by atoms with Gasteiger partial charge in [-0.1, -0.05) is 30.3 Å². The molecule has 4 nitrogen and oxygen atoms in total. The number of rotatable bonds is 5. The minimum Gasteiger partial charge on any atom is -0.444 e. The molecule has 2 aromatic rings. The van der Waals surface area contributed by atoms with Crippen LogP contribution in [0.3, 0.4) is 0 Å². The van der Waals surface area contributed by atoms with Crippen molar-refractivity contribution in [3.05, 3.63) is 58.5 Å². The number of hydrogen-bond acceptors (Lipinski definition) is 3. The van der Waals surface area contributed by atoms with Crippen LogP contribution in [0.4, 0.5) is 0 Å². The molecule has 0 bridgehead atoms. The van der Waals surface area contributed by atoms with Gasteiger partial charge in [0.25, 0.3) is 5.91 Å². The van der Waals surface area contributed by atoms with E-state index in [1.807, 2.05) is 30.3 Å². The molecule has 1 heterocycles. The van der Waals surface area contributed by atoms with E-state index < -0.39 is 0 Å². The first kappa shape index (κ1) is 14.4. The molecule has 0 fully saturated rings. The first-order chi connectivity index (χ1) is 9.70. The molecule has 0 atom stereocenters. The summed E-state index contributed by atoms with van der Waals surface area (Å²) in [5.74, 6) is 0.0561. The maximum atomic E-state index is 12.4. The highest BCUT2D eigenvalue weighted by atomic mass is 79.9. The maximum Gasteiger partial charge on any atom is 0.289 e. The molecule has 2 rings (SSSR count). The van der Waals surface area contributed by atoms with Crippen molar-refractivity contribution in [2.24, 2.45) is 0 Å². The molecule has 0 spiro atoms. The van der Waals surface area contributed by atoms with Gasteiger partial charge in [0.05, 0.1) is 12.5 Å². The van der Waals surface area contributed by atoms with Crippen molar-refractivity contribution in [1.82, 2.24) is 4.90 Å². The minimum absolute atomic E-state index is 0.213. The monoisotopic (exact) mass is 332 g/mol. The molecule has 0 saturated carbocycles. The molecule has 0 unspecified atom stereocenters. The third-order valence-corrected chi connectivity index (χ3v) is 3.21. The van der Waals surface area contributed by atoms with Crippen molar-refractivity contribution in [1.29, 1.82) is 5.26 Å². The van der Waals surface area contributed by atoms with E-state index in [9.17, 15) is 4.79 Å². The summed E-state index contributed by atoms with van der Waals surface area (Å²) in [6, 6.07) is 15.0. The van der Waals surface area contributed by atoms with Crippen molar-refractivity contribution in [2.75, 3.05) is 6.54 Å². The molecule has 0 saturated heterocycles. The smallest absolute Gasteiger partial charge is 0.289 e. The zero-order valence-electron chi connectivity index (χ0n) is 10.8. The van der Waals surface area contributed by atoms with Crippen molar-refractivity contribution in [3.8, 4) is 6.07 Å². The highest BCUT2D eigenvalue weighted by Gasteiger charge is 2.19. The number of amides is 1. The van der Waals surface area contributed by atoms with E-state index in [1.165, 1.54) is 0 Å². The Kier molecular flexibility index (Phi) is 4.97. The Bertz CT molecular complexity index is 616. The standard InChI is InChI=1S/C15H13BrN2O2/c16-14-8-7-13(20-14)15(19)18(10-4-9-17)11-12-5-2-1-3-6-12/h1-3,5-8H,4,10-11H2. The number of benzene rings is 1. The van der Waals surface area contributed by atoms with E-state index in [2.05, 4.69) is 22.0 Å². The zero-order valence-corrected chi connectivity index (χ0v) is 12.3. The molecular formula is C15H13BrN2O2. The number of halogens is 1. The van der Waals surface area contributed by atoms with Crippen molar-refractivity contribution in [3.63, 3.8) is 0 Å². The SMILES string of the molecule is N#CCCN(Cc1ccccc1)C(=O)c1ccc(Br)o1. The molecule has 0 N–H and O–H groups in total. The normalized spacial score (nSPS) is 10.0. The Hall–Kier alpha value is -2.06. The van der Waals surface area contributed by atoms with Crippen LogP contribution < -0.4 is 0 Å². The first-order valence-electron chi connectivity index (χ1n) is 6.16. The zero-order chi connectivity index (χ0) is 14.4. The van der Waals surface area contributed by atoms with Crippen LogP contribution in [0.5, 0.6) is 0 Å². The van der Waals surface area contributed by atoms with Gasteiger partial charge in [0.15, 0.2) is 10.4 Å². The second-order valence-corrected chi connectivity index (χ2v) is 5.01. The molecular weight excluding hydrogens is 320 g/mol. The van der Waals surface area contributed by atoms with Gasteiger partial charge in [0.2, 0.25) is 0 Å². The predicted molar refractivity (Wildman–Crippen MR) is 77.8 cm³/mol. The average molecular weight is 333 g/mol. The van der Waals surface area contributed by atoms with Gasteiger partial charge in [-0.05, 0) is 33.6 Å². The number of carbonyl (C=O) groups is 1. The quantitative estimate of drug-likeness (QED) is 0.840. The second-order valence-electron chi connectivity index (χ2n) is 4.22. The lowest BCUT2D eigenvalue weighted by atomic mass is 10.2. The Morgan fingerprint density at radius 1 is 1.25 bits per heavy atom. The van der Waals surface area contributed by atoms with Crippen LogP contribution in [0.25, 0.3) is 0 Å². The second kappa shape index (κ2) is 6.92. The highest BCUT2D eigenvalue weighted by molar-refractivity contribution is 9.10. The van der Waals surface area contributed by atoms with Gasteiger partial charge in [0, 0.05) is 13.1 Å². The summed E-state index contributed by atoms with van der Waals surface area (Å²) in [5.41, 5.74) is 1.02. The van der Waals surface area contributed by atoms with Crippen LogP contribution in [0.2, 0.25) is 0 Å². The number of furan rings is 1. The summed E-state index contributed by atoms with van der Waals surface area (Å²) >= 11 is 3.18. The molecule has 1 aromatic heterocycles. The lowest BCUT2D eigenvalue weighted by molar-refractivity contribution is 0.0713. The van der Waals surface area contributed by atoms with E-state index >= 15 is 0 Å². The third-order valence-electron chi connectivity index (χ3n) is 2.78. The number of nitrogens with zero attached hydrogens (tertiary/aromatic N) is 2. The number of carbonyl (C=O) groups excluding carboxylic acids is 1. The lowest BCUT2D eigenvalue weighted by Crippen LogP contribution is -2.31. The Morgan fingerprint density at radius 3 is 2.60 bits per heavy atom. The molecule has 0 aliphatic heterocycles. The third kappa shape index (κ3) is 3.72. The number of nitriles is 1. The molecule has 0 radical (unpaired) electrons. The van der Waals surface area contributed by atoms with Gasteiger partial charge in [-0.15, -0.1) is 0 Å². The first-order valence-corrected chi connectivity index (χ1v) is 6.95. The van der Waals surface area contributed by atoms with Crippen LogP contribution in [0.15, 0.2) is 51.6 Å². The van der Waals surface area contributed by atoms with E-state index in [1.54, 1.807) is 17.0 Å². The van der Waals surface area contributed by atoms with Crippen LogP contribution >= 0.6 is 15.9 Å². The minimum atomic E-state index is -0.213. The summed E-state index contributed by atoms with van der Waals surface area (Å²) < 4.78 is 5.80. The van der Waals surface area contributed by atoms with Crippen LogP contribution in [0, 0.1) is 11.3 Å². The fourth-order valence-electron chi connectivity index (χ4n) is 1.83. The van der Waals surface area contributed by atoms with E-state index in [-0.39, 0.29) is 11.7 Å². The van der Waals surface area contributed by atoms with Crippen LogP contribution in [0.1, 0.15) is 22.5 Å². The fraction of sp³-hybridized carbons (Fsp3) is 0.200. The van der Waals surface area contributed by atoms with Crippen LogP contribution in [-0.2, 0) is 6.54 Å². The summed E-state index contributed by atoms with van der Waals surface area (Å²) in [6.07, 6.45) is 0.292. The topological polar surface area (TPSA) is 57.2 Å². The fourth-order valence-corrected chi connectivity index (χ4v) is 2.13. The molecule has 0 aliphatic rings. The van der Waals surface area contributed by atoms with E-state index in [4.69, 9.17) is 9.68 Å². The summed E-state index contributed by atoms with van der Waals surface area (Å²) in [6.45, 7) is 0.836. The maximum absolute atomic E-state index is 12.4. The lowest BCUT2D eigenvalue weighted by Gasteiger charge is -2.20. The molecule has 1 aromatic carbocycles. The van der Waals surface area contributed by atoms with Gasteiger partial charge >= 0.3 is 0 Å². The number of hydrogen-bond donors (Lipinski definition) is 0. The van der Waals surface area contributed by atoms with E-state index in [0.717, 1.165) is 5.56 Å². The van der Waals surface area contributed by atoms with Gasteiger partial charge in [-0.2, -0.15) is 5.26 Å². The van der Waals surface area contributed by atoms with Gasteiger partial charge in [0.1, 0.15) is 0 Å². The predicted octanol–water partition coefficient (Wildman–Crippen LogP) is 3.60. The molecule has 20 heavy (non-hydrogen) atoms. The van der Waals surface area contributed by atoms with Crippen molar-refractivity contribution < 1.29 is 9.21 Å². The van der Waals surface area contributed by atoms with Gasteiger partial charge in [-0.3, -0.25) is 4.79 Å². The summed E-state index contributed by atoms with van der Waals surface area (Å²) in [7, 11) is 0. The Balaban J connectivity index is 2.15.